The fourth-order valence-electron chi connectivity index (χ4n) is 2.80. The SMILES string of the molecule is Cc1ccc2c(CN3CCNC[C@@H]3C)cc(=O)oc2c1.Cl. The van der Waals surface area contributed by atoms with Crippen molar-refractivity contribution < 1.29 is 4.42 Å². The molecule has 114 valence electrons. The number of halogens is 1. The fourth-order valence-corrected chi connectivity index (χ4v) is 2.80. The first-order chi connectivity index (χ1) is 9.63. The zero-order valence-corrected chi connectivity index (χ0v) is 13.2. The standard InChI is InChI=1S/C16H20N2O2.ClH/c1-11-3-4-14-13(8-16(19)20-15(14)7-11)10-18-6-5-17-9-12(18)2;/h3-4,7-8,12,17H,5-6,9-10H2,1-2H3;1H/t12-;/m0./s1. The van der Waals surface area contributed by atoms with Crippen LogP contribution in [0.15, 0.2) is 33.5 Å². The van der Waals surface area contributed by atoms with Crippen molar-refractivity contribution in [2.45, 2.75) is 26.4 Å². The molecule has 1 aliphatic rings. The summed E-state index contributed by atoms with van der Waals surface area (Å²) in [5.41, 5.74) is 2.59. The molecule has 1 aliphatic heterocycles. The van der Waals surface area contributed by atoms with Crippen molar-refractivity contribution in [2.75, 3.05) is 19.6 Å². The Balaban J connectivity index is 0.00000161. The van der Waals surface area contributed by atoms with Gasteiger partial charge in [-0.1, -0.05) is 12.1 Å². The maximum Gasteiger partial charge on any atom is 0.336 e. The molecule has 1 aromatic heterocycles. The van der Waals surface area contributed by atoms with E-state index in [2.05, 4.69) is 29.3 Å². The predicted molar refractivity (Wildman–Crippen MR) is 87.2 cm³/mol. The van der Waals surface area contributed by atoms with Gasteiger partial charge in [-0.15, -0.1) is 12.4 Å². The van der Waals surface area contributed by atoms with Crippen molar-refractivity contribution in [3.05, 3.63) is 45.8 Å². The summed E-state index contributed by atoms with van der Waals surface area (Å²) in [6.45, 7) is 8.03. The van der Waals surface area contributed by atoms with Gasteiger partial charge in [0.2, 0.25) is 0 Å². The van der Waals surface area contributed by atoms with E-state index in [1.54, 1.807) is 6.07 Å². The van der Waals surface area contributed by atoms with Gasteiger partial charge in [0.05, 0.1) is 0 Å². The Labute approximate surface area is 130 Å². The number of rotatable bonds is 2. The van der Waals surface area contributed by atoms with Crippen molar-refractivity contribution in [1.82, 2.24) is 10.2 Å². The second-order valence-corrected chi connectivity index (χ2v) is 5.61. The second kappa shape index (κ2) is 6.60. The summed E-state index contributed by atoms with van der Waals surface area (Å²) in [5, 5.41) is 4.43. The minimum atomic E-state index is -0.263. The van der Waals surface area contributed by atoms with Crippen LogP contribution in [-0.4, -0.2) is 30.6 Å². The summed E-state index contributed by atoms with van der Waals surface area (Å²) in [6, 6.07) is 8.16. The highest BCUT2D eigenvalue weighted by Gasteiger charge is 2.19. The van der Waals surface area contributed by atoms with E-state index < -0.39 is 0 Å². The maximum atomic E-state index is 11.7. The molecule has 0 unspecified atom stereocenters. The number of nitrogens with zero attached hydrogens (tertiary/aromatic N) is 1. The molecule has 1 fully saturated rings. The monoisotopic (exact) mass is 308 g/mol. The third kappa shape index (κ3) is 3.46. The topological polar surface area (TPSA) is 45.5 Å². The van der Waals surface area contributed by atoms with Gasteiger partial charge in [0, 0.05) is 43.7 Å². The smallest absolute Gasteiger partial charge is 0.336 e. The molecule has 1 N–H and O–H groups in total. The lowest BCUT2D eigenvalue weighted by Gasteiger charge is -2.34. The van der Waals surface area contributed by atoms with E-state index in [1.165, 1.54) is 0 Å². The third-order valence-corrected chi connectivity index (χ3v) is 4.00. The molecule has 1 atom stereocenters. The zero-order valence-electron chi connectivity index (χ0n) is 12.4. The summed E-state index contributed by atoms with van der Waals surface area (Å²) in [4.78, 5) is 14.1. The molecule has 0 spiro atoms. The van der Waals surface area contributed by atoms with Crippen LogP contribution in [0.3, 0.4) is 0 Å². The van der Waals surface area contributed by atoms with Crippen LogP contribution in [0.1, 0.15) is 18.1 Å². The van der Waals surface area contributed by atoms with Gasteiger partial charge in [-0.25, -0.2) is 4.79 Å². The van der Waals surface area contributed by atoms with Crippen LogP contribution in [0.4, 0.5) is 0 Å². The minimum Gasteiger partial charge on any atom is -0.423 e. The molecule has 0 amide bonds. The lowest BCUT2D eigenvalue weighted by molar-refractivity contribution is 0.166. The van der Waals surface area contributed by atoms with Gasteiger partial charge in [0.25, 0.3) is 0 Å². The van der Waals surface area contributed by atoms with Crippen molar-refractivity contribution in [1.29, 1.82) is 0 Å². The Morgan fingerprint density at radius 3 is 2.95 bits per heavy atom. The zero-order chi connectivity index (χ0) is 14.1. The number of hydrogen-bond donors (Lipinski definition) is 1. The van der Waals surface area contributed by atoms with Gasteiger partial charge < -0.3 is 9.73 Å². The van der Waals surface area contributed by atoms with Crippen LogP contribution in [0.5, 0.6) is 0 Å². The van der Waals surface area contributed by atoms with E-state index in [4.69, 9.17) is 4.42 Å². The highest BCUT2D eigenvalue weighted by atomic mass is 35.5. The molecule has 2 heterocycles. The first kappa shape index (κ1) is 16.0. The van der Waals surface area contributed by atoms with Crippen molar-refractivity contribution in [3.8, 4) is 0 Å². The van der Waals surface area contributed by atoms with Crippen LogP contribution < -0.4 is 10.9 Å². The number of piperazine rings is 1. The normalized spacial score (nSPS) is 19.4. The second-order valence-electron chi connectivity index (χ2n) is 5.61. The summed E-state index contributed by atoms with van der Waals surface area (Å²) >= 11 is 0. The van der Waals surface area contributed by atoms with Gasteiger partial charge in [-0.2, -0.15) is 0 Å². The molecular formula is C16H21ClN2O2. The molecule has 1 aromatic carbocycles. The molecule has 5 heteroatoms. The molecule has 3 rings (SSSR count). The summed E-state index contributed by atoms with van der Waals surface area (Å²) < 4.78 is 5.31. The lowest BCUT2D eigenvalue weighted by Crippen LogP contribution is -2.49. The van der Waals surface area contributed by atoms with E-state index in [0.29, 0.717) is 11.6 Å². The number of benzene rings is 1. The van der Waals surface area contributed by atoms with Gasteiger partial charge in [-0.05, 0) is 31.0 Å². The molecule has 4 nitrogen and oxygen atoms in total. The fraction of sp³-hybridized carbons (Fsp3) is 0.438. The quantitative estimate of drug-likeness (QED) is 0.865. The van der Waals surface area contributed by atoms with Crippen molar-refractivity contribution in [3.63, 3.8) is 0 Å². The van der Waals surface area contributed by atoms with Gasteiger partial charge in [-0.3, -0.25) is 4.90 Å². The maximum absolute atomic E-state index is 11.7. The molecule has 0 saturated carbocycles. The van der Waals surface area contributed by atoms with E-state index in [1.807, 2.05) is 13.0 Å². The first-order valence-corrected chi connectivity index (χ1v) is 7.11. The highest BCUT2D eigenvalue weighted by Crippen LogP contribution is 2.20. The molecular weight excluding hydrogens is 288 g/mol. The van der Waals surface area contributed by atoms with Gasteiger partial charge in [0.1, 0.15) is 5.58 Å². The average molecular weight is 309 g/mol. The van der Waals surface area contributed by atoms with Crippen LogP contribution >= 0.6 is 12.4 Å². The van der Waals surface area contributed by atoms with E-state index in [0.717, 1.165) is 42.7 Å². The number of hydrogen-bond acceptors (Lipinski definition) is 4. The summed E-state index contributed by atoms with van der Waals surface area (Å²) in [6.07, 6.45) is 0. The van der Waals surface area contributed by atoms with Crippen molar-refractivity contribution in [2.24, 2.45) is 0 Å². The van der Waals surface area contributed by atoms with Crippen LogP contribution in [0, 0.1) is 6.92 Å². The van der Waals surface area contributed by atoms with Crippen LogP contribution in [0.2, 0.25) is 0 Å². The van der Waals surface area contributed by atoms with E-state index in [9.17, 15) is 4.79 Å². The molecule has 0 bridgehead atoms. The van der Waals surface area contributed by atoms with E-state index in [-0.39, 0.29) is 18.0 Å². The molecule has 2 aromatic rings. The predicted octanol–water partition coefficient (Wildman–Crippen LogP) is 2.32. The van der Waals surface area contributed by atoms with Crippen molar-refractivity contribution >= 4 is 23.4 Å². The average Bonchev–Trinajstić information content (AvgIpc) is 2.40. The molecule has 21 heavy (non-hydrogen) atoms. The third-order valence-electron chi connectivity index (χ3n) is 4.00. The summed E-state index contributed by atoms with van der Waals surface area (Å²) in [7, 11) is 0. The Bertz CT molecular complexity index is 684. The Kier molecular flexibility index (Phi) is 5.04. The largest absolute Gasteiger partial charge is 0.423 e. The van der Waals surface area contributed by atoms with E-state index >= 15 is 0 Å². The summed E-state index contributed by atoms with van der Waals surface area (Å²) in [5.74, 6) is 0. The lowest BCUT2D eigenvalue weighted by atomic mass is 10.1. The highest BCUT2D eigenvalue weighted by molar-refractivity contribution is 5.85. The molecule has 1 saturated heterocycles. The Morgan fingerprint density at radius 2 is 2.19 bits per heavy atom. The Hall–Kier alpha value is -1.36. The number of nitrogens with one attached hydrogen (secondary N) is 1. The van der Waals surface area contributed by atoms with Gasteiger partial charge >= 0.3 is 5.63 Å². The molecule has 0 radical (unpaired) electrons. The van der Waals surface area contributed by atoms with Gasteiger partial charge in [0.15, 0.2) is 0 Å². The molecule has 0 aliphatic carbocycles. The van der Waals surface area contributed by atoms with Crippen LogP contribution in [-0.2, 0) is 6.54 Å². The van der Waals surface area contributed by atoms with Crippen LogP contribution in [0.25, 0.3) is 11.0 Å². The number of fused-ring (bicyclic) bond motifs is 1. The Morgan fingerprint density at radius 1 is 1.38 bits per heavy atom. The minimum absolute atomic E-state index is 0. The first-order valence-electron chi connectivity index (χ1n) is 7.11. The number of aryl methyl sites for hydroxylation is 1.